The van der Waals surface area contributed by atoms with Crippen LogP contribution in [0.4, 0.5) is 26.7 Å². The molecule has 2 aromatic carbocycles. The summed E-state index contributed by atoms with van der Waals surface area (Å²) in [5.41, 5.74) is 2.65. The summed E-state index contributed by atoms with van der Waals surface area (Å²) < 4.78 is 9.89. The van der Waals surface area contributed by atoms with Gasteiger partial charge < -0.3 is 14.8 Å². The molecule has 0 aliphatic carbocycles. The Morgan fingerprint density at radius 2 is 1.26 bits per heavy atom. The molecule has 3 amide bonds. The van der Waals surface area contributed by atoms with Crippen LogP contribution in [0.2, 0.25) is 0 Å². The van der Waals surface area contributed by atoms with Crippen molar-refractivity contribution in [3.05, 3.63) is 54.1 Å². The van der Waals surface area contributed by atoms with Gasteiger partial charge in [0.1, 0.15) is 13.2 Å². The monoisotopic (exact) mass is 371 g/mol. The van der Waals surface area contributed by atoms with Gasteiger partial charge in [0.25, 0.3) is 0 Å². The van der Waals surface area contributed by atoms with E-state index >= 15 is 0 Å². The third kappa shape index (κ3) is 7.47. The number of hydrogen-bond acceptors (Lipinski definition) is 5. The lowest BCUT2D eigenvalue weighted by Gasteiger charge is -2.10. The van der Waals surface area contributed by atoms with Crippen molar-refractivity contribution in [3.8, 4) is 0 Å². The van der Waals surface area contributed by atoms with Gasteiger partial charge in [-0.05, 0) is 42.8 Å². The molecule has 0 radical (unpaired) electrons. The SMILES string of the molecule is CC(=O)Nc1cccc(NC(=O)OCCOC(=O)Nc2cccc(C)c2)c1. The molecule has 0 heterocycles. The number of benzene rings is 2. The Bertz CT molecular complexity index is 822. The smallest absolute Gasteiger partial charge is 0.411 e. The predicted octanol–water partition coefficient (Wildman–Crippen LogP) is 3.75. The minimum Gasteiger partial charge on any atom is -0.446 e. The molecule has 8 nitrogen and oxygen atoms in total. The Balaban J connectivity index is 1.68. The summed E-state index contributed by atoms with van der Waals surface area (Å²) in [6.45, 7) is 3.12. The Morgan fingerprint density at radius 1 is 0.778 bits per heavy atom. The van der Waals surface area contributed by atoms with Crippen LogP contribution < -0.4 is 16.0 Å². The topological polar surface area (TPSA) is 106 Å². The zero-order valence-electron chi connectivity index (χ0n) is 15.1. The number of amides is 3. The molecule has 0 atom stereocenters. The Labute approximate surface area is 156 Å². The number of ether oxygens (including phenoxy) is 2. The second kappa shape index (κ2) is 9.81. The first-order valence-corrected chi connectivity index (χ1v) is 8.24. The molecule has 2 aromatic rings. The first kappa shape index (κ1) is 19.8. The van der Waals surface area contributed by atoms with Crippen LogP contribution in [0, 0.1) is 6.92 Å². The van der Waals surface area contributed by atoms with Gasteiger partial charge in [-0.2, -0.15) is 0 Å². The molecule has 8 heteroatoms. The van der Waals surface area contributed by atoms with Crippen LogP contribution >= 0.6 is 0 Å². The van der Waals surface area contributed by atoms with Crippen molar-refractivity contribution in [2.45, 2.75) is 13.8 Å². The van der Waals surface area contributed by atoms with Crippen molar-refractivity contribution in [1.82, 2.24) is 0 Å². The number of carbonyl (C=O) groups is 3. The lowest BCUT2D eigenvalue weighted by Crippen LogP contribution is -2.20. The third-order valence-electron chi connectivity index (χ3n) is 3.24. The summed E-state index contributed by atoms with van der Waals surface area (Å²) in [5.74, 6) is -0.212. The van der Waals surface area contributed by atoms with Crippen molar-refractivity contribution < 1.29 is 23.9 Å². The van der Waals surface area contributed by atoms with E-state index in [0.29, 0.717) is 17.1 Å². The molecule has 0 bridgehead atoms. The number of nitrogens with one attached hydrogen (secondary N) is 3. The molecule has 0 unspecified atom stereocenters. The highest BCUT2D eigenvalue weighted by molar-refractivity contribution is 5.91. The van der Waals surface area contributed by atoms with E-state index in [1.165, 1.54) is 6.92 Å². The van der Waals surface area contributed by atoms with Crippen molar-refractivity contribution in [1.29, 1.82) is 0 Å². The van der Waals surface area contributed by atoms with Crippen molar-refractivity contribution in [2.24, 2.45) is 0 Å². The summed E-state index contributed by atoms with van der Waals surface area (Å²) in [4.78, 5) is 34.4. The van der Waals surface area contributed by atoms with Crippen LogP contribution in [0.3, 0.4) is 0 Å². The minimum absolute atomic E-state index is 0.0863. The van der Waals surface area contributed by atoms with Gasteiger partial charge in [0.15, 0.2) is 0 Å². The van der Waals surface area contributed by atoms with Gasteiger partial charge in [-0.25, -0.2) is 9.59 Å². The highest BCUT2D eigenvalue weighted by Gasteiger charge is 2.07. The molecule has 2 rings (SSSR count). The van der Waals surface area contributed by atoms with E-state index in [4.69, 9.17) is 9.47 Å². The van der Waals surface area contributed by atoms with Gasteiger partial charge in [0.2, 0.25) is 5.91 Å². The van der Waals surface area contributed by atoms with Gasteiger partial charge in [0.05, 0.1) is 0 Å². The first-order valence-electron chi connectivity index (χ1n) is 8.24. The molecule has 0 aliphatic rings. The summed E-state index contributed by atoms with van der Waals surface area (Å²) in [6, 6.07) is 13.9. The van der Waals surface area contributed by atoms with Crippen LogP contribution in [0.15, 0.2) is 48.5 Å². The molecular formula is C19H21N3O5. The number of carbonyl (C=O) groups excluding carboxylic acids is 3. The van der Waals surface area contributed by atoms with E-state index in [1.807, 2.05) is 19.1 Å². The highest BCUT2D eigenvalue weighted by atomic mass is 16.6. The van der Waals surface area contributed by atoms with Gasteiger partial charge in [-0.15, -0.1) is 0 Å². The molecule has 27 heavy (non-hydrogen) atoms. The normalized spacial score (nSPS) is 9.85. The quantitative estimate of drug-likeness (QED) is 0.671. The fourth-order valence-corrected chi connectivity index (χ4v) is 2.18. The number of rotatable bonds is 6. The molecule has 3 N–H and O–H groups in total. The second-order valence-corrected chi connectivity index (χ2v) is 5.65. The van der Waals surface area contributed by atoms with Crippen LogP contribution in [0.5, 0.6) is 0 Å². The Morgan fingerprint density at radius 3 is 1.78 bits per heavy atom. The summed E-state index contributed by atoms with van der Waals surface area (Å²) in [6.07, 6.45) is -1.33. The fourth-order valence-electron chi connectivity index (χ4n) is 2.18. The summed E-state index contributed by atoms with van der Waals surface area (Å²) in [5, 5.41) is 7.71. The zero-order valence-corrected chi connectivity index (χ0v) is 15.1. The van der Waals surface area contributed by atoms with E-state index in [2.05, 4.69) is 16.0 Å². The number of hydrogen-bond donors (Lipinski definition) is 3. The van der Waals surface area contributed by atoms with E-state index in [-0.39, 0.29) is 19.1 Å². The average molecular weight is 371 g/mol. The zero-order chi connectivity index (χ0) is 19.6. The molecule has 0 aliphatic heterocycles. The van der Waals surface area contributed by atoms with Crippen LogP contribution in [0.25, 0.3) is 0 Å². The fraction of sp³-hybridized carbons (Fsp3) is 0.211. The first-order chi connectivity index (χ1) is 12.9. The Hall–Kier alpha value is -3.55. The molecule has 0 fully saturated rings. The maximum Gasteiger partial charge on any atom is 0.411 e. The van der Waals surface area contributed by atoms with Crippen molar-refractivity contribution in [3.63, 3.8) is 0 Å². The maximum atomic E-state index is 11.7. The molecule has 142 valence electrons. The van der Waals surface area contributed by atoms with E-state index < -0.39 is 12.2 Å². The Kier molecular flexibility index (Phi) is 7.18. The molecule has 0 spiro atoms. The van der Waals surface area contributed by atoms with Crippen LogP contribution in [0.1, 0.15) is 12.5 Å². The van der Waals surface area contributed by atoms with E-state index in [0.717, 1.165) is 5.56 Å². The van der Waals surface area contributed by atoms with Crippen molar-refractivity contribution >= 4 is 35.2 Å². The highest BCUT2D eigenvalue weighted by Crippen LogP contribution is 2.15. The molecular weight excluding hydrogens is 350 g/mol. The predicted molar refractivity (Wildman–Crippen MR) is 102 cm³/mol. The van der Waals surface area contributed by atoms with Gasteiger partial charge in [-0.1, -0.05) is 18.2 Å². The molecule has 0 saturated heterocycles. The van der Waals surface area contributed by atoms with Crippen LogP contribution in [-0.2, 0) is 14.3 Å². The average Bonchev–Trinajstić information content (AvgIpc) is 2.58. The number of anilines is 3. The van der Waals surface area contributed by atoms with Crippen LogP contribution in [-0.4, -0.2) is 31.3 Å². The molecule has 0 saturated carbocycles. The lowest BCUT2D eigenvalue weighted by molar-refractivity contribution is -0.114. The van der Waals surface area contributed by atoms with Gasteiger partial charge in [0, 0.05) is 24.0 Å². The molecule has 0 aromatic heterocycles. The van der Waals surface area contributed by atoms with Crippen molar-refractivity contribution in [2.75, 3.05) is 29.2 Å². The minimum atomic E-state index is -0.697. The largest absolute Gasteiger partial charge is 0.446 e. The third-order valence-corrected chi connectivity index (χ3v) is 3.24. The standard InChI is InChI=1S/C19H21N3O5/c1-13-5-3-6-15(11-13)21-18(24)26-9-10-27-19(25)22-17-8-4-7-16(12-17)20-14(2)23/h3-8,11-12H,9-10H2,1-2H3,(H,20,23)(H,21,24)(H,22,25). The van der Waals surface area contributed by atoms with Gasteiger partial charge in [-0.3, -0.25) is 15.4 Å². The van der Waals surface area contributed by atoms with E-state index in [1.54, 1.807) is 36.4 Å². The summed E-state index contributed by atoms with van der Waals surface area (Å²) in [7, 11) is 0. The lowest BCUT2D eigenvalue weighted by atomic mass is 10.2. The van der Waals surface area contributed by atoms with Gasteiger partial charge >= 0.3 is 12.2 Å². The second-order valence-electron chi connectivity index (χ2n) is 5.65. The summed E-state index contributed by atoms with van der Waals surface area (Å²) >= 11 is 0. The number of aryl methyl sites for hydroxylation is 1. The van der Waals surface area contributed by atoms with E-state index in [9.17, 15) is 14.4 Å². The maximum absolute atomic E-state index is 11.7.